The van der Waals surface area contributed by atoms with E-state index in [1.807, 2.05) is 0 Å². The molecule has 1 aromatic rings. The highest BCUT2D eigenvalue weighted by Crippen LogP contribution is 2.28. The number of hydrogen-bond donors (Lipinski definition) is 1. The Morgan fingerprint density at radius 2 is 2.38 bits per heavy atom. The number of rotatable bonds is 3. The molecule has 1 N–H and O–H groups in total. The molecule has 70 valence electrons. The van der Waals surface area contributed by atoms with Crippen LogP contribution in [0, 0.1) is 12.8 Å². The van der Waals surface area contributed by atoms with Crippen LogP contribution >= 0.6 is 11.3 Å². The molecule has 2 nitrogen and oxygen atoms in total. The van der Waals surface area contributed by atoms with Crippen LogP contribution in [-0.4, -0.2) is 5.91 Å². The van der Waals surface area contributed by atoms with Crippen molar-refractivity contribution in [2.24, 2.45) is 5.92 Å². The molecule has 13 heavy (non-hydrogen) atoms. The van der Waals surface area contributed by atoms with Gasteiger partial charge in [-0.05, 0) is 41.7 Å². The molecule has 0 unspecified atom stereocenters. The lowest BCUT2D eigenvalue weighted by atomic mass is 10.2. The smallest absolute Gasteiger partial charge is 0.223 e. The number of amides is 1. The first-order chi connectivity index (χ1) is 6.27. The van der Waals surface area contributed by atoms with E-state index in [1.165, 1.54) is 11.1 Å². The van der Waals surface area contributed by atoms with Crippen LogP contribution in [0.1, 0.15) is 24.0 Å². The third-order valence-electron chi connectivity index (χ3n) is 2.36. The summed E-state index contributed by atoms with van der Waals surface area (Å²) < 4.78 is 0. The molecule has 3 heteroatoms. The molecule has 1 aromatic heterocycles. The summed E-state index contributed by atoms with van der Waals surface area (Å²) >= 11 is 1.69. The summed E-state index contributed by atoms with van der Waals surface area (Å²) in [5.74, 6) is 0.546. The number of thiophene rings is 1. The molecule has 1 aliphatic carbocycles. The minimum absolute atomic E-state index is 0.227. The summed E-state index contributed by atoms with van der Waals surface area (Å²) in [6.07, 6.45) is 2.16. The van der Waals surface area contributed by atoms with Crippen LogP contribution in [0.4, 0.5) is 0 Å². The highest BCUT2D eigenvalue weighted by atomic mass is 32.1. The zero-order valence-electron chi connectivity index (χ0n) is 7.67. The number of carbonyl (C=O) groups excluding carboxylic acids is 1. The van der Waals surface area contributed by atoms with Gasteiger partial charge in [-0.2, -0.15) is 11.3 Å². The molecule has 1 saturated carbocycles. The molecular formula is C10H13NOS. The van der Waals surface area contributed by atoms with Crippen molar-refractivity contribution < 1.29 is 4.79 Å². The van der Waals surface area contributed by atoms with E-state index in [-0.39, 0.29) is 5.91 Å². The van der Waals surface area contributed by atoms with Gasteiger partial charge in [-0.15, -0.1) is 0 Å². The minimum atomic E-state index is 0.227. The van der Waals surface area contributed by atoms with E-state index < -0.39 is 0 Å². The number of hydrogen-bond acceptors (Lipinski definition) is 2. The van der Waals surface area contributed by atoms with Crippen LogP contribution in [0.15, 0.2) is 10.8 Å². The summed E-state index contributed by atoms with van der Waals surface area (Å²) in [7, 11) is 0. The zero-order chi connectivity index (χ0) is 9.26. The van der Waals surface area contributed by atoms with Gasteiger partial charge < -0.3 is 5.32 Å². The van der Waals surface area contributed by atoms with Gasteiger partial charge in [0.05, 0.1) is 0 Å². The van der Waals surface area contributed by atoms with Crippen molar-refractivity contribution >= 4 is 17.2 Å². The third-order valence-corrected chi connectivity index (χ3v) is 3.27. The van der Waals surface area contributed by atoms with Gasteiger partial charge in [-0.3, -0.25) is 4.79 Å². The van der Waals surface area contributed by atoms with Gasteiger partial charge in [0.2, 0.25) is 5.91 Å². The van der Waals surface area contributed by atoms with Gasteiger partial charge in [-0.1, -0.05) is 0 Å². The highest BCUT2D eigenvalue weighted by Gasteiger charge is 2.29. The van der Waals surface area contributed by atoms with Crippen molar-refractivity contribution in [2.45, 2.75) is 26.3 Å². The Bertz CT molecular complexity index is 314. The number of carbonyl (C=O) groups is 1. The molecule has 0 bridgehead atoms. The summed E-state index contributed by atoms with van der Waals surface area (Å²) in [5, 5.41) is 7.17. The molecule has 1 fully saturated rings. The van der Waals surface area contributed by atoms with Crippen molar-refractivity contribution in [3.63, 3.8) is 0 Å². The van der Waals surface area contributed by atoms with Crippen LogP contribution < -0.4 is 5.32 Å². The Labute approximate surface area is 82.0 Å². The van der Waals surface area contributed by atoms with E-state index in [1.54, 1.807) is 11.3 Å². The first-order valence-corrected chi connectivity index (χ1v) is 5.51. The van der Waals surface area contributed by atoms with Crippen LogP contribution in [-0.2, 0) is 11.3 Å². The quantitative estimate of drug-likeness (QED) is 0.786. The predicted octanol–water partition coefficient (Wildman–Crippen LogP) is 2.08. The SMILES string of the molecule is Cc1cscc1CNC(=O)C1CC1. The summed E-state index contributed by atoms with van der Waals surface area (Å²) in [4.78, 5) is 11.3. The lowest BCUT2D eigenvalue weighted by Crippen LogP contribution is -2.24. The minimum Gasteiger partial charge on any atom is -0.352 e. The standard InChI is InChI=1S/C10H13NOS/c1-7-5-13-6-9(7)4-11-10(12)8-2-3-8/h5-6,8H,2-4H2,1H3,(H,11,12). The fraction of sp³-hybridized carbons (Fsp3) is 0.500. The van der Waals surface area contributed by atoms with E-state index >= 15 is 0 Å². The average Bonchev–Trinajstić information content (AvgIpc) is 2.88. The lowest BCUT2D eigenvalue weighted by Gasteiger charge is -2.02. The predicted molar refractivity (Wildman–Crippen MR) is 53.6 cm³/mol. The van der Waals surface area contributed by atoms with Crippen molar-refractivity contribution in [1.29, 1.82) is 0 Å². The average molecular weight is 195 g/mol. The molecule has 1 aliphatic rings. The van der Waals surface area contributed by atoms with Crippen LogP contribution in [0.5, 0.6) is 0 Å². The molecule has 0 atom stereocenters. The topological polar surface area (TPSA) is 29.1 Å². The summed E-state index contributed by atoms with van der Waals surface area (Å²) in [6.45, 7) is 2.78. The second-order valence-corrected chi connectivity index (χ2v) is 4.32. The van der Waals surface area contributed by atoms with Gasteiger partial charge in [0.15, 0.2) is 0 Å². The van der Waals surface area contributed by atoms with E-state index in [2.05, 4.69) is 23.0 Å². The van der Waals surface area contributed by atoms with Gasteiger partial charge in [0.1, 0.15) is 0 Å². The second-order valence-electron chi connectivity index (χ2n) is 3.57. The molecule has 0 aliphatic heterocycles. The van der Waals surface area contributed by atoms with Crippen molar-refractivity contribution in [2.75, 3.05) is 0 Å². The number of nitrogens with one attached hydrogen (secondary N) is 1. The Morgan fingerprint density at radius 1 is 1.62 bits per heavy atom. The normalized spacial score (nSPS) is 15.8. The molecule has 0 saturated heterocycles. The van der Waals surface area contributed by atoms with E-state index in [0.717, 1.165) is 12.8 Å². The van der Waals surface area contributed by atoms with Crippen LogP contribution in [0.2, 0.25) is 0 Å². The van der Waals surface area contributed by atoms with Gasteiger partial charge in [0.25, 0.3) is 0 Å². The van der Waals surface area contributed by atoms with Crippen molar-refractivity contribution in [3.8, 4) is 0 Å². The van der Waals surface area contributed by atoms with E-state index in [4.69, 9.17) is 0 Å². The molecule has 0 aromatic carbocycles. The maximum absolute atomic E-state index is 11.3. The van der Waals surface area contributed by atoms with Gasteiger partial charge in [0, 0.05) is 12.5 Å². The zero-order valence-corrected chi connectivity index (χ0v) is 8.49. The fourth-order valence-corrected chi connectivity index (χ4v) is 2.10. The maximum atomic E-state index is 11.3. The van der Waals surface area contributed by atoms with E-state index in [0.29, 0.717) is 12.5 Å². The molecule has 0 radical (unpaired) electrons. The van der Waals surface area contributed by atoms with Gasteiger partial charge >= 0.3 is 0 Å². The molecule has 1 heterocycles. The Balaban J connectivity index is 1.85. The van der Waals surface area contributed by atoms with Gasteiger partial charge in [-0.25, -0.2) is 0 Å². The molecule has 2 rings (SSSR count). The third kappa shape index (κ3) is 2.10. The highest BCUT2D eigenvalue weighted by molar-refractivity contribution is 7.08. The monoisotopic (exact) mass is 195 g/mol. The van der Waals surface area contributed by atoms with Crippen molar-refractivity contribution in [3.05, 3.63) is 21.9 Å². The summed E-state index contributed by atoms with van der Waals surface area (Å²) in [6, 6.07) is 0. The fourth-order valence-electron chi connectivity index (χ4n) is 1.24. The first kappa shape index (κ1) is 8.75. The Kier molecular flexibility index (Phi) is 2.36. The molecule has 1 amide bonds. The Hall–Kier alpha value is -0.830. The maximum Gasteiger partial charge on any atom is 0.223 e. The molecule has 0 spiro atoms. The van der Waals surface area contributed by atoms with Crippen molar-refractivity contribution in [1.82, 2.24) is 5.32 Å². The Morgan fingerprint density at radius 3 is 2.92 bits per heavy atom. The van der Waals surface area contributed by atoms with Crippen LogP contribution in [0.25, 0.3) is 0 Å². The molecular weight excluding hydrogens is 182 g/mol. The lowest BCUT2D eigenvalue weighted by molar-refractivity contribution is -0.122. The first-order valence-electron chi connectivity index (χ1n) is 4.57. The number of aryl methyl sites for hydroxylation is 1. The van der Waals surface area contributed by atoms with Crippen LogP contribution in [0.3, 0.4) is 0 Å². The largest absolute Gasteiger partial charge is 0.352 e. The van der Waals surface area contributed by atoms with E-state index in [9.17, 15) is 4.79 Å². The summed E-state index contributed by atoms with van der Waals surface area (Å²) in [5.41, 5.74) is 2.53. The second kappa shape index (κ2) is 3.50.